The van der Waals surface area contributed by atoms with Crippen LogP contribution in [0.1, 0.15) is 33.6 Å². The maximum absolute atomic E-state index is 12.7. The molecule has 1 atom stereocenters. The number of rotatable bonds is 8. The van der Waals surface area contributed by atoms with Gasteiger partial charge in [-0.3, -0.25) is 19.3 Å². The Balaban J connectivity index is 2.42. The lowest BCUT2D eigenvalue weighted by Crippen LogP contribution is -2.48. The fourth-order valence-electron chi connectivity index (χ4n) is 2.66. The van der Waals surface area contributed by atoms with E-state index in [-0.39, 0.29) is 30.5 Å². The number of fused-ring (bicyclic) bond motifs is 1. The predicted octanol–water partition coefficient (Wildman–Crippen LogP) is -0.0129. The predicted molar refractivity (Wildman–Crippen MR) is 84.6 cm³/mol. The summed E-state index contributed by atoms with van der Waals surface area (Å²) < 4.78 is 0. The zero-order chi connectivity index (χ0) is 17.7. The summed E-state index contributed by atoms with van der Waals surface area (Å²) in [6.07, 6.45) is 1.36. The van der Waals surface area contributed by atoms with E-state index in [1.165, 1.54) is 13.1 Å². The number of amides is 3. The molecule has 1 heterocycles. The summed E-state index contributed by atoms with van der Waals surface area (Å²) in [5, 5.41) is 5.17. The second-order valence-electron chi connectivity index (χ2n) is 5.13. The van der Waals surface area contributed by atoms with Crippen molar-refractivity contribution in [3.8, 4) is 0 Å². The third-order valence-electron chi connectivity index (χ3n) is 3.74. The van der Waals surface area contributed by atoms with Gasteiger partial charge in [0.1, 0.15) is 18.6 Å². The maximum atomic E-state index is 12.7. The van der Waals surface area contributed by atoms with Crippen LogP contribution in [0.15, 0.2) is 18.2 Å². The van der Waals surface area contributed by atoms with Crippen molar-refractivity contribution in [3.63, 3.8) is 0 Å². The van der Waals surface area contributed by atoms with E-state index in [0.29, 0.717) is 18.3 Å². The standard InChI is InChI=1S/C16H17N3O5/c1-17-14(22)12(6-3-8-20)19-15(23)10-4-2-5-11(18-7-9-21)13(10)16(19)24/h2,4-5,8-9,12,18H,3,6-7H2,1H3,(H,17,22). The molecule has 2 rings (SSSR count). The van der Waals surface area contributed by atoms with Gasteiger partial charge in [-0.2, -0.15) is 0 Å². The van der Waals surface area contributed by atoms with Crippen molar-refractivity contribution in [2.24, 2.45) is 0 Å². The summed E-state index contributed by atoms with van der Waals surface area (Å²) in [6.45, 7) is -0.0120. The number of carbonyl (C=O) groups excluding carboxylic acids is 5. The molecule has 0 saturated carbocycles. The molecular formula is C16H17N3O5. The van der Waals surface area contributed by atoms with E-state index in [2.05, 4.69) is 10.6 Å². The lowest BCUT2D eigenvalue weighted by Gasteiger charge is -2.24. The summed E-state index contributed by atoms with van der Waals surface area (Å²) in [6, 6.07) is 3.59. The van der Waals surface area contributed by atoms with E-state index in [4.69, 9.17) is 0 Å². The van der Waals surface area contributed by atoms with Crippen molar-refractivity contribution in [3.05, 3.63) is 29.3 Å². The molecular weight excluding hydrogens is 314 g/mol. The number of nitrogens with zero attached hydrogens (tertiary/aromatic N) is 1. The summed E-state index contributed by atoms with van der Waals surface area (Å²) >= 11 is 0. The number of carbonyl (C=O) groups is 5. The van der Waals surface area contributed by atoms with Gasteiger partial charge in [0.15, 0.2) is 0 Å². The molecule has 0 spiro atoms. The van der Waals surface area contributed by atoms with Gasteiger partial charge >= 0.3 is 0 Å². The first-order valence-corrected chi connectivity index (χ1v) is 7.40. The summed E-state index contributed by atoms with van der Waals surface area (Å²) in [4.78, 5) is 59.4. The molecule has 0 aliphatic carbocycles. The summed E-state index contributed by atoms with van der Waals surface area (Å²) in [5.41, 5.74) is 0.645. The normalized spacial score (nSPS) is 14.1. The SMILES string of the molecule is CNC(=O)C(CCC=O)N1C(=O)c2cccc(NCC=O)c2C1=O. The summed E-state index contributed by atoms with van der Waals surface area (Å²) in [7, 11) is 1.39. The Labute approximate surface area is 138 Å². The van der Waals surface area contributed by atoms with E-state index in [9.17, 15) is 24.0 Å². The quantitative estimate of drug-likeness (QED) is 0.512. The van der Waals surface area contributed by atoms with Crippen LogP contribution >= 0.6 is 0 Å². The number of hydrogen-bond donors (Lipinski definition) is 2. The van der Waals surface area contributed by atoms with Crippen molar-refractivity contribution in [1.82, 2.24) is 10.2 Å². The van der Waals surface area contributed by atoms with Gasteiger partial charge in [-0.25, -0.2) is 0 Å². The van der Waals surface area contributed by atoms with Crippen LogP contribution in [-0.4, -0.2) is 54.8 Å². The molecule has 1 aliphatic rings. The van der Waals surface area contributed by atoms with E-state index in [1.807, 2.05) is 0 Å². The molecule has 24 heavy (non-hydrogen) atoms. The van der Waals surface area contributed by atoms with E-state index < -0.39 is 23.8 Å². The molecule has 8 heteroatoms. The number of imide groups is 1. The van der Waals surface area contributed by atoms with Crippen LogP contribution in [0.25, 0.3) is 0 Å². The van der Waals surface area contributed by atoms with Crippen LogP contribution in [-0.2, 0) is 14.4 Å². The first kappa shape index (κ1) is 17.3. The van der Waals surface area contributed by atoms with Crippen molar-refractivity contribution in [1.29, 1.82) is 0 Å². The molecule has 0 fully saturated rings. The Morgan fingerprint density at radius 1 is 1.21 bits per heavy atom. The Morgan fingerprint density at radius 3 is 2.58 bits per heavy atom. The fraction of sp³-hybridized carbons (Fsp3) is 0.312. The van der Waals surface area contributed by atoms with Crippen molar-refractivity contribution >= 4 is 36.0 Å². The Bertz CT molecular complexity index is 701. The minimum absolute atomic E-state index is 0.0120. The van der Waals surface area contributed by atoms with Gasteiger partial charge in [-0.05, 0) is 18.6 Å². The molecule has 0 saturated heterocycles. The lowest BCUT2D eigenvalue weighted by atomic mass is 10.1. The van der Waals surface area contributed by atoms with E-state index in [0.717, 1.165) is 4.90 Å². The average molecular weight is 331 g/mol. The zero-order valence-corrected chi connectivity index (χ0v) is 13.1. The molecule has 3 amide bonds. The highest BCUT2D eigenvalue weighted by Crippen LogP contribution is 2.31. The third-order valence-corrected chi connectivity index (χ3v) is 3.74. The number of benzene rings is 1. The molecule has 0 bridgehead atoms. The summed E-state index contributed by atoms with van der Waals surface area (Å²) in [5.74, 6) is -1.73. The first-order valence-electron chi connectivity index (χ1n) is 7.40. The van der Waals surface area contributed by atoms with Gasteiger partial charge in [-0.15, -0.1) is 0 Å². The highest BCUT2D eigenvalue weighted by Gasteiger charge is 2.43. The van der Waals surface area contributed by atoms with Gasteiger partial charge in [0, 0.05) is 19.2 Å². The minimum Gasteiger partial charge on any atom is -0.378 e. The third kappa shape index (κ3) is 3.03. The van der Waals surface area contributed by atoms with Gasteiger partial charge in [-0.1, -0.05) is 6.07 Å². The Hall–Kier alpha value is -3.03. The van der Waals surface area contributed by atoms with Crippen LogP contribution in [0.4, 0.5) is 5.69 Å². The zero-order valence-electron chi connectivity index (χ0n) is 13.1. The molecule has 1 unspecified atom stereocenters. The van der Waals surface area contributed by atoms with Crippen LogP contribution < -0.4 is 10.6 Å². The van der Waals surface area contributed by atoms with Gasteiger partial charge in [0.05, 0.1) is 17.7 Å². The van der Waals surface area contributed by atoms with Gasteiger partial charge in [0.2, 0.25) is 5.91 Å². The molecule has 1 aromatic carbocycles. The van der Waals surface area contributed by atoms with Gasteiger partial charge in [0.25, 0.3) is 11.8 Å². The van der Waals surface area contributed by atoms with E-state index >= 15 is 0 Å². The lowest BCUT2D eigenvalue weighted by molar-refractivity contribution is -0.124. The first-order chi connectivity index (χ1) is 11.6. The van der Waals surface area contributed by atoms with Crippen LogP contribution in [0, 0.1) is 0 Å². The molecule has 2 N–H and O–H groups in total. The van der Waals surface area contributed by atoms with Crippen molar-refractivity contribution in [2.75, 3.05) is 18.9 Å². The number of likely N-dealkylation sites (N-methyl/N-ethyl adjacent to an activating group) is 1. The molecule has 0 radical (unpaired) electrons. The Kier molecular flexibility index (Phi) is 5.41. The average Bonchev–Trinajstić information content (AvgIpc) is 2.85. The molecule has 126 valence electrons. The van der Waals surface area contributed by atoms with Crippen molar-refractivity contribution in [2.45, 2.75) is 18.9 Å². The number of hydrogen-bond acceptors (Lipinski definition) is 6. The Morgan fingerprint density at radius 2 is 1.96 bits per heavy atom. The molecule has 1 aromatic rings. The molecule has 8 nitrogen and oxygen atoms in total. The van der Waals surface area contributed by atoms with Crippen molar-refractivity contribution < 1.29 is 24.0 Å². The van der Waals surface area contributed by atoms with Crippen LogP contribution in [0.2, 0.25) is 0 Å². The smallest absolute Gasteiger partial charge is 0.264 e. The minimum atomic E-state index is -1.06. The highest BCUT2D eigenvalue weighted by molar-refractivity contribution is 6.25. The number of nitrogens with one attached hydrogen (secondary N) is 2. The maximum Gasteiger partial charge on any atom is 0.264 e. The molecule has 1 aliphatic heterocycles. The second kappa shape index (κ2) is 7.49. The fourth-order valence-corrected chi connectivity index (χ4v) is 2.66. The number of aldehydes is 2. The number of anilines is 1. The van der Waals surface area contributed by atoms with E-state index in [1.54, 1.807) is 12.1 Å². The van der Waals surface area contributed by atoms with Crippen LogP contribution in [0.5, 0.6) is 0 Å². The highest BCUT2D eigenvalue weighted by atomic mass is 16.2. The van der Waals surface area contributed by atoms with Gasteiger partial charge < -0.3 is 20.2 Å². The van der Waals surface area contributed by atoms with Crippen LogP contribution in [0.3, 0.4) is 0 Å². The molecule has 0 aromatic heterocycles. The topological polar surface area (TPSA) is 113 Å². The monoisotopic (exact) mass is 331 g/mol. The largest absolute Gasteiger partial charge is 0.378 e. The second-order valence-corrected chi connectivity index (χ2v) is 5.13.